The monoisotopic (exact) mass is 415 g/mol. The predicted octanol–water partition coefficient (Wildman–Crippen LogP) is 1.95. The van der Waals surface area contributed by atoms with Gasteiger partial charge in [-0.1, -0.05) is 17.7 Å². The molecule has 2 heterocycles. The lowest BCUT2D eigenvalue weighted by Crippen LogP contribution is -2.45. The number of nitrogens with one attached hydrogen (secondary N) is 1. The summed E-state index contributed by atoms with van der Waals surface area (Å²) in [6, 6.07) is 5.43. The van der Waals surface area contributed by atoms with E-state index in [1.165, 1.54) is 0 Å². The van der Waals surface area contributed by atoms with E-state index in [-0.39, 0.29) is 24.2 Å². The van der Waals surface area contributed by atoms with E-state index < -0.39 is 10.0 Å². The molecule has 2 aliphatic heterocycles. The first-order valence-electron chi connectivity index (χ1n) is 9.46. The maximum atomic E-state index is 13.0. The smallest absolute Gasteiger partial charge is 0.243 e. The second kappa shape index (κ2) is 9.37. The van der Waals surface area contributed by atoms with Crippen LogP contribution in [0, 0.1) is 19.8 Å². The van der Waals surface area contributed by atoms with Crippen molar-refractivity contribution in [1.29, 1.82) is 0 Å². The highest BCUT2D eigenvalue weighted by Gasteiger charge is 2.34. The van der Waals surface area contributed by atoms with Crippen molar-refractivity contribution in [3.8, 4) is 0 Å². The standard InChI is InChI=1S/C19H29N3O3S.ClH/c1-15-4-5-18(16(2)14-15)26(24,25)22-11-6-17(7-12-22)19(23)21-10-3-8-20-9-13-21;/h4-5,14,17,20H,3,6-13H2,1-2H3;1H. The Bertz CT molecular complexity index is 753. The van der Waals surface area contributed by atoms with Crippen LogP contribution in [0.5, 0.6) is 0 Å². The molecule has 8 heteroatoms. The first-order chi connectivity index (χ1) is 12.4. The van der Waals surface area contributed by atoms with Crippen LogP contribution in [-0.2, 0) is 14.8 Å². The lowest BCUT2D eigenvalue weighted by atomic mass is 9.96. The minimum Gasteiger partial charge on any atom is -0.341 e. The summed E-state index contributed by atoms with van der Waals surface area (Å²) in [6.07, 6.45) is 2.19. The van der Waals surface area contributed by atoms with Gasteiger partial charge in [0.05, 0.1) is 4.90 Å². The molecule has 0 saturated carbocycles. The highest BCUT2D eigenvalue weighted by Crippen LogP contribution is 2.27. The Morgan fingerprint density at radius 3 is 2.44 bits per heavy atom. The third-order valence-corrected chi connectivity index (χ3v) is 7.46. The quantitative estimate of drug-likeness (QED) is 0.819. The molecule has 2 aliphatic rings. The van der Waals surface area contributed by atoms with Gasteiger partial charge >= 0.3 is 0 Å². The van der Waals surface area contributed by atoms with E-state index in [1.807, 2.05) is 30.9 Å². The van der Waals surface area contributed by atoms with Crippen LogP contribution in [0.3, 0.4) is 0 Å². The summed E-state index contributed by atoms with van der Waals surface area (Å²) in [5, 5.41) is 3.31. The number of hydrogen-bond acceptors (Lipinski definition) is 4. The number of benzene rings is 1. The largest absolute Gasteiger partial charge is 0.341 e. The molecule has 0 radical (unpaired) electrons. The van der Waals surface area contributed by atoms with E-state index in [9.17, 15) is 13.2 Å². The fraction of sp³-hybridized carbons (Fsp3) is 0.632. The molecular formula is C19H30ClN3O3S. The summed E-state index contributed by atoms with van der Waals surface area (Å²) in [6.45, 7) is 7.97. The van der Waals surface area contributed by atoms with Gasteiger partial charge in [0, 0.05) is 38.6 Å². The van der Waals surface area contributed by atoms with Gasteiger partial charge in [-0.2, -0.15) is 4.31 Å². The van der Waals surface area contributed by atoms with E-state index in [2.05, 4.69) is 5.32 Å². The minimum atomic E-state index is -3.49. The van der Waals surface area contributed by atoms with E-state index >= 15 is 0 Å². The van der Waals surface area contributed by atoms with Gasteiger partial charge in [-0.3, -0.25) is 4.79 Å². The molecule has 0 aliphatic carbocycles. The molecule has 0 atom stereocenters. The molecule has 0 aromatic heterocycles. The average Bonchev–Trinajstić information content (AvgIpc) is 2.90. The maximum absolute atomic E-state index is 13.0. The molecule has 0 bridgehead atoms. The highest BCUT2D eigenvalue weighted by molar-refractivity contribution is 7.89. The number of aryl methyl sites for hydroxylation is 2. The van der Waals surface area contributed by atoms with Crippen LogP contribution < -0.4 is 5.32 Å². The fourth-order valence-corrected chi connectivity index (χ4v) is 5.57. The second-order valence-electron chi connectivity index (χ2n) is 7.38. The molecule has 1 aromatic carbocycles. The Morgan fingerprint density at radius 2 is 1.78 bits per heavy atom. The number of amides is 1. The maximum Gasteiger partial charge on any atom is 0.243 e. The Labute approximate surface area is 168 Å². The third-order valence-electron chi connectivity index (χ3n) is 5.40. The van der Waals surface area contributed by atoms with Gasteiger partial charge in [0.1, 0.15) is 0 Å². The van der Waals surface area contributed by atoms with Gasteiger partial charge in [0.25, 0.3) is 0 Å². The summed E-state index contributed by atoms with van der Waals surface area (Å²) < 4.78 is 27.5. The first kappa shape index (κ1) is 22.1. The molecule has 1 amide bonds. The van der Waals surface area contributed by atoms with Crippen molar-refractivity contribution in [3.05, 3.63) is 29.3 Å². The van der Waals surface area contributed by atoms with Gasteiger partial charge in [-0.25, -0.2) is 8.42 Å². The lowest BCUT2D eigenvalue weighted by Gasteiger charge is -2.33. The Morgan fingerprint density at radius 1 is 1.07 bits per heavy atom. The van der Waals surface area contributed by atoms with E-state index in [4.69, 9.17) is 0 Å². The summed E-state index contributed by atoms with van der Waals surface area (Å²) >= 11 is 0. The van der Waals surface area contributed by atoms with E-state index in [0.29, 0.717) is 30.8 Å². The van der Waals surface area contributed by atoms with Gasteiger partial charge in [-0.05, 0) is 51.3 Å². The lowest BCUT2D eigenvalue weighted by molar-refractivity contribution is -0.136. The predicted molar refractivity (Wildman–Crippen MR) is 109 cm³/mol. The number of piperidine rings is 1. The van der Waals surface area contributed by atoms with Crippen molar-refractivity contribution in [2.24, 2.45) is 5.92 Å². The molecule has 0 spiro atoms. The van der Waals surface area contributed by atoms with E-state index in [1.54, 1.807) is 10.4 Å². The topological polar surface area (TPSA) is 69.7 Å². The molecule has 1 N–H and O–H groups in total. The zero-order valence-electron chi connectivity index (χ0n) is 16.1. The molecule has 3 rings (SSSR count). The summed E-state index contributed by atoms with van der Waals surface area (Å²) in [4.78, 5) is 15.1. The molecule has 27 heavy (non-hydrogen) atoms. The number of halogens is 1. The third kappa shape index (κ3) is 5.02. The van der Waals surface area contributed by atoms with Crippen molar-refractivity contribution in [3.63, 3.8) is 0 Å². The van der Waals surface area contributed by atoms with Crippen LogP contribution >= 0.6 is 12.4 Å². The van der Waals surface area contributed by atoms with Crippen LogP contribution in [0.25, 0.3) is 0 Å². The molecule has 2 fully saturated rings. The van der Waals surface area contributed by atoms with Crippen molar-refractivity contribution in [2.75, 3.05) is 39.3 Å². The number of hydrogen-bond donors (Lipinski definition) is 1. The van der Waals surface area contributed by atoms with Crippen molar-refractivity contribution in [2.45, 2.75) is 38.0 Å². The van der Waals surface area contributed by atoms with Crippen LogP contribution in [-0.4, -0.2) is 62.8 Å². The van der Waals surface area contributed by atoms with Crippen molar-refractivity contribution < 1.29 is 13.2 Å². The van der Waals surface area contributed by atoms with E-state index in [0.717, 1.165) is 43.7 Å². The Balaban J connectivity index is 0.00000261. The van der Waals surface area contributed by atoms with Crippen LogP contribution in [0.4, 0.5) is 0 Å². The van der Waals surface area contributed by atoms with Crippen molar-refractivity contribution >= 4 is 28.3 Å². The van der Waals surface area contributed by atoms with Gasteiger partial charge in [0.2, 0.25) is 15.9 Å². The summed E-state index contributed by atoms with van der Waals surface area (Å²) in [5.41, 5.74) is 1.83. The van der Waals surface area contributed by atoms with Gasteiger partial charge in [-0.15, -0.1) is 12.4 Å². The van der Waals surface area contributed by atoms with Gasteiger partial charge < -0.3 is 10.2 Å². The number of rotatable bonds is 3. The number of carbonyl (C=O) groups is 1. The van der Waals surface area contributed by atoms with Crippen molar-refractivity contribution in [1.82, 2.24) is 14.5 Å². The zero-order valence-corrected chi connectivity index (χ0v) is 17.7. The first-order valence-corrected chi connectivity index (χ1v) is 10.9. The van der Waals surface area contributed by atoms with Crippen LogP contribution in [0.2, 0.25) is 0 Å². The van der Waals surface area contributed by atoms with Crippen LogP contribution in [0.1, 0.15) is 30.4 Å². The van der Waals surface area contributed by atoms with Gasteiger partial charge in [0.15, 0.2) is 0 Å². The number of sulfonamides is 1. The second-order valence-corrected chi connectivity index (χ2v) is 9.28. The Hall–Kier alpha value is -1.15. The number of nitrogens with zero attached hydrogens (tertiary/aromatic N) is 2. The summed E-state index contributed by atoms with van der Waals surface area (Å²) in [7, 11) is -3.49. The van der Waals surface area contributed by atoms with Crippen LogP contribution in [0.15, 0.2) is 23.1 Å². The molecule has 2 saturated heterocycles. The molecule has 0 unspecified atom stereocenters. The minimum absolute atomic E-state index is 0. The molecule has 152 valence electrons. The normalized spacial score (nSPS) is 20.0. The Kier molecular flexibility index (Phi) is 7.68. The number of carbonyl (C=O) groups excluding carboxylic acids is 1. The average molecular weight is 416 g/mol. The fourth-order valence-electron chi connectivity index (χ4n) is 3.90. The highest BCUT2D eigenvalue weighted by atomic mass is 35.5. The molecule has 6 nitrogen and oxygen atoms in total. The summed E-state index contributed by atoms with van der Waals surface area (Å²) in [5.74, 6) is 0.135. The zero-order chi connectivity index (χ0) is 18.7. The molecular weight excluding hydrogens is 386 g/mol. The SMILES string of the molecule is Cc1ccc(S(=O)(=O)N2CCC(C(=O)N3CCCNCC3)CC2)c(C)c1.Cl. The molecule has 1 aromatic rings.